The number of hydrogen-bond donors (Lipinski definition) is 1. The van der Waals surface area contributed by atoms with Crippen LogP contribution >= 0.6 is 12.4 Å². The SMILES string of the molecule is Cl.Cn1ccnc1C1CNCCN1C(=O)c1cnn(-c2ccc(F)cc2)n1. The topological polar surface area (TPSA) is 80.9 Å². The van der Waals surface area contributed by atoms with E-state index < -0.39 is 0 Å². The molecule has 3 aromatic rings. The molecule has 3 heterocycles. The Bertz CT molecular complexity index is 924. The number of halogens is 2. The molecule has 0 aliphatic carbocycles. The minimum absolute atomic E-state index is 0. The van der Waals surface area contributed by atoms with E-state index in [9.17, 15) is 9.18 Å². The van der Waals surface area contributed by atoms with Gasteiger partial charge < -0.3 is 14.8 Å². The molecule has 1 aromatic carbocycles. The Morgan fingerprint density at radius 3 is 2.78 bits per heavy atom. The number of carbonyl (C=O) groups excluding carboxylic acids is 1. The summed E-state index contributed by atoms with van der Waals surface area (Å²) in [5, 5.41) is 11.7. The van der Waals surface area contributed by atoms with Crippen molar-refractivity contribution in [3.05, 3.63) is 60.2 Å². The van der Waals surface area contributed by atoms with Crippen LogP contribution in [0.15, 0.2) is 42.9 Å². The molecule has 0 bridgehead atoms. The van der Waals surface area contributed by atoms with Gasteiger partial charge in [0, 0.05) is 39.1 Å². The van der Waals surface area contributed by atoms with E-state index in [2.05, 4.69) is 20.5 Å². The van der Waals surface area contributed by atoms with Crippen molar-refractivity contribution >= 4 is 18.3 Å². The number of aryl methyl sites for hydroxylation is 1. The van der Waals surface area contributed by atoms with Gasteiger partial charge in [0.1, 0.15) is 17.7 Å². The van der Waals surface area contributed by atoms with Gasteiger partial charge in [-0.1, -0.05) is 0 Å². The summed E-state index contributed by atoms with van der Waals surface area (Å²) in [6.45, 7) is 1.89. The van der Waals surface area contributed by atoms with Crippen molar-refractivity contribution in [1.82, 2.24) is 34.8 Å². The lowest BCUT2D eigenvalue weighted by atomic mass is 10.1. The number of hydrogen-bond acceptors (Lipinski definition) is 5. The monoisotopic (exact) mass is 391 g/mol. The maximum absolute atomic E-state index is 13.1. The molecule has 10 heteroatoms. The summed E-state index contributed by atoms with van der Waals surface area (Å²) < 4.78 is 15.0. The summed E-state index contributed by atoms with van der Waals surface area (Å²) in [6, 6.07) is 5.60. The van der Waals surface area contributed by atoms with Crippen LogP contribution in [0.1, 0.15) is 22.4 Å². The highest BCUT2D eigenvalue weighted by molar-refractivity contribution is 5.92. The Morgan fingerprint density at radius 1 is 1.30 bits per heavy atom. The lowest BCUT2D eigenvalue weighted by Crippen LogP contribution is -2.49. The number of amides is 1. The van der Waals surface area contributed by atoms with Crippen molar-refractivity contribution < 1.29 is 9.18 Å². The molecule has 1 aliphatic heterocycles. The number of piperazine rings is 1. The van der Waals surface area contributed by atoms with Crippen LogP contribution in [0.5, 0.6) is 0 Å². The van der Waals surface area contributed by atoms with E-state index >= 15 is 0 Å². The molecule has 0 saturated carbocycles. The van der Waals surface area contributed by atoms with Gasteiger partial charge in [0.05, 0.1) is 11.9 Å². The predicted octanol–water partition coefficient (Wildman–Crippen LogP) is 1.35. The number of carbonyl (C=O) groups is 1. The molecule has 1 amide bonds. The van der Waals surface area contributed by atoms with Gasteiger partial charge in [-0.3, -0.25) is 4.79 Å². The fourth-order valence-corrected chi connectivity index (χ4v) is 3.08. The molecule has 8 nitrogen and oxygen atoms in total. The average Bonchev–Trinajstić information content (AvgIpc) is 3.31. The van der Waals surface area contributed by atoms with Crippen molar-refractivity contribution in [2.24, 2.45) is 7.05 Å². The first-order valence-electron chi connectivity index (χ1n) is 8.30. The van der Waals surface area contributed by atoms with Crippen molar-refractivity contribution in [1.29, 1.82) is 0 Å². The Labute approximate surface area is 161 Å². The molecule has 1 fully saturated rings. The predicted molar refractivity (Wildman–Crippen MR) is 98.4 cm³/mol. The van der Waals surface area contributed by atoms with Gasteiger partial charge in [0.15, 0.2) is 5.69 Å². The van der Waals surface area contributed by atoms with Crippen molar-refractivity contribution in [2.45, 2.75) is 6.04 Å². The highest BCUT2D eigenvalue weighted by Gasteiger charge is 2.32. The molecule has 4 rings (SSSR count). The van der Waals surface area contributed by atoms with Gasteiger partial charge >= 0.3 is 0 Å². The molecule has 1 atom stereocenters. The van der Waals surface area contributed by atoms with Gasteiger partial charge in [-0.25, -0.2) is 9.37 Å². The maximum atomic E-state index is 13.1. The number of aromatic nitrogens is 5. The van der Waals surface area contributed by atoms with Gasteiger partial charge in [-0.15, -0.1) is 17.5 Å². The fourth-order valence-electron chi connectivity index (χ4n) is 3.08. The first-order valence-corrected chi connectivity index (χ1v) is 8.30. The van der Waals surface area contributed by atoms with Gasteiger partial charge in [-0.05, 0) is 24.3 Å². The Morgan fingerprint density at radius 2 is 2.07 bits per heavy atom. The third kappa shape index (κ3) is 3.69. The second-order valence-corrected chi connectivity index (χ2v) is 6.11. The van der Waals surface area contributed by atoms with E-state index in [1.54, 1.807) is 23.2 Å². The van der Waals surface area contributed by atoms with Crippen LogP contribution in [0.3, 0.4) is 0 Å². The number of nitrogens with one attached hydrogen (secondary N) is 1. The smallest absolute Gasteiger partial charge is 0.276 e. The normalized spacial score (nSPS) is 16.8. The summed E-state index contributed by atoms with van der Waals surface area (Å²) in [6.07, 6.45) is 5.01. The first-order chi connectivity index (χ1) is 12.6. The molecular formula is C17H19ClFN7O. The molecule has 1 saturated heterocycles. The zero-order valence-corrected chi connectivity index (χ0v) is 15.4. The summed E-state index contributed by atoms with van der Waals surface area (Å²) in [5.41, 5.74) is 0.835. The van der Waals surface area contributed by atoms with E-state index in [1.165, 1.54) is 23.1 Å². The number of nitrogens with zero attached hydrogens (tertiary/aromatic N) is 6. The minimum Gasteiger partial charge on any atom is -0.336 e. The fraction of sp³-hybridized carbons (Fsp3) is 0.294. The Balaban J connectivity index is 0.00000210. The quantitative estimate of drug-likeness (QED) is 0.729. The highest BCUT2D eigenvalue weighted by Crippen LogP contribution is 2.22. The van der Waals surface area contributed by atoms with Crippen LogP contribution in [0, 0.1) is 5.82 Å². The van der Waals surface area contributed by atoms with Crippen LogP contribution in [-0.4, -0.2) is 55.0 Å². The van der Waals surface area contributed by atoms with Crippen molar-refractivity contribution in [3.8, 4) is 5.69 Å². The lowest BCUT2D eigenvalue weighted by Gasteiger charge is -2.35. The molecule has 2 aromatic heterocycles. The van der Waals surface area contributed by atoms with Gasteiger partial charge in [0.25, 0.3) is 5.91 Å². The summed E-state index contributed by atoms with van der Waals surface area (Å²) >= 11 is 0. The second kappa shape index (κ2) is 7.85. The van der Waals surface area contributed by atoms with E-state index in [4.69, 9.17) is 0 Å². The molecule has 142 valence electrons. The largest absolute Gasteiger partial charge is 0.336 e. The molecule has 0 radical (unpaired) electrons. The van der Waals surface area contributed by atoms with E-state index in [1.807, 2.05) is 17.8 Å². The molecule has 1 unspecified atom stereocenters. The number of imidazole rings is 1. The third-order valence-electron chi connectivity index (χ3n) is 4.43. The van der Waals surface area contributed by atoms with Crippen molar-refractivity contribution in [2.75, 3.05) is 19.6 Å². The van der Waals surface area contributed by atoms with Crippen LogP contribution < -0.4 is 5.32 Å². The standard InChI is InChI=1S/C17H18FN7O.ClH/c1-23-8-7-20-16(23)15-11-19-6-9-24(15)17(26)14-10-21-25(22-14)13-4-2-12(18)3-5-13;/h2-5,7-8,10,15,19H,6,9,11H2,1H3;1H. The average molecular weight is 392 g/mol. The van der Waals surface area contributed by atoms with E-state index in [0.29, 0.717) is 25.3 Å². The van der Waals surface area contributed by atoms with E-state index in [0.717, 1.165) is 5.82 Å². The molecule has 1 aliphatic rings. The molecule has 27 heavy (non-hydrogen) atoms. The number of benzene rings is 1. The maximum Gasteiger partial charge on any atom is 0.276 e. The lowest BCUT2D eigenvalue weighted by molar-refractivity contribution is 0.0614. The number of rotatable bonds is 3. The molecular weight excluding hydrogens is 373 g/mol. The van der Waals surface area contributed by atoms with Crippen LogP contribution in [0.2, 0.25) is 0 Å². The van der Waals surface area contributed by atoms with Crippen LogP contribution in [0.4, 0.5) is 4.39 Å². The highest BCUT2D eigenvalue weighted by atomic mass is 35.5. The summed E-state index contributed by atoms with van der Waals surface area (Å²) in [7, 11) is 1.91. The first kappa shape index (κ1) is 19.0. The van der Waals surface area contributed by atoms with Crippen LogP contribution in [-0.2, 0) is 7.05 Å². The van der Waals surface area contributed by atoms with Gasteiger partial charge in [-0.2, -0.15) is 9.90 Å². The summed E-state index contributed by atoms with van der Waals surface area (Å²) in [4.78, 5) is 20.5. The zero-order valence-electron chi connectivity index (χ0n) is 14.6. The third-order valence-corrected chi connectivity index (χ3v) is 4.43. The zero-order chi connectivity index (χ0) is 18.1. The second-order valence-electron chi connectivity index (χ2n) is 6.11. The van der Waals surface area contributed by atoms with Gasteiger partial charge in [0.2, 0.25) is 0 Å². The molecule has 0 spiro atoms. The Hall–Kier alpha value is -2.78. The van der Waals surface area contributed by atoms with E-state index in [-0.39, 0.29) is 35.9 Å². The minimum atomic E-state index is -0.337. The molecule has 1 N–H and O–H groups in total. The summed E-state index contributed by atoms with van der Waals surface area (Å²) in [5.74, 6) is 0.278. The Kier molecular flexibility index (Phi) is 5.52. The van der Waals surface area contributed by atoms with Crippen molar-refractivity contribution in [3.63, 3.8) is 0 Å². The van der Waals surface area contributed by atoms with Crippen LogP contribution in [0.25, 0.3) is 5.69 Å².